The molecule has 0 unspecified atom stereocenters. The maximum absolute atomic E-state index is 12.2. The standard InChI is InChI=1S/C24H27N3O2/c1-24(2,3)29-23(28)26-22-21(15-25-27(22)4)20-13-11-19(12-14-20)18-9-7-17(8-10-18)16-5-6-16/h7-16H,5-6H2,1-4H3,(H,26,28). The maximum atomic E-state index is 12.2. The monoisotopic (exact) mass is 389 g/mol. The van der Waals surface area contributed by atoms with Gasteiger partial charge >= 0.3 is 6.09 Å². The molecule has 1 N–H and O–H groups in total. The van der Waals surface area contributed by atoms with Crippen molar-refractivity contribution in [2.24, 2.45) is 7.05 Å². The first kappa shape index (κ1) is 19.2. The van der Waals surface area contributed by atoms with Crippen LogP contribution in [-0.4, -0.2) is 21.5 Å². The number of hydrogen-bond donors (Lipinski definition) is 1. The zero-order chi connectivity index (χ0) is 20.6. The van der Waals surface area contributed by atoms with E-state index < -0.39 is 11.7 Å². The third-order valence-corrected chi connectivity index (χ3v) is 5.05. The fourth-order valence-electron chi connectivity index (χ4n) is 3.40. The Balaban J connectivity index is 1.54. The van der Waals surface area contributed by atoms with Crippen molar-refractivity contribution in [3.63, 3.8) is 0 Å². The number of aryl methyl sites for hydroxylation is 1. The number of hydrogen-bond acceptors (Lipinski definition) is 3. The number of nitrogens with zero attached hydrogens (tertiary/aromatic N) is 2. The van der Waals surface area contributed by atoms with E-state index in [1.807, 2.05) is 20.8 Å². The Labute approximate surface area is 171 Å². The van der Waals surface area contributed by atoms with Gasteiger partial charge in [-0.3, -0.25) is 10.00 Å². The number of amides is 1. The summed E-state index contributed by atoms with van der Waals surface area (Å²) in [6.45, 7) is 5.52. The highest BCUT2D eigenvalue weighted by Gasteiger charge is 2.23. The molecule has 1 fully saturated rings. The normalized spacial score (nSPS) is 13.9. The summed E-state index contributed by atoms with van der Waals surface area (Å²) < 4.78 is 7.02. The van der Waals surface area contributed by atoms with E-state index in [-0.39, 0.29) is 0 Å². The summed E-state index contributed by atoms with van der Waals surface area (Å²) in [6, 6.07) is 17.2. The largest absolute Gasteiger partial charge is 0.444 e. The molecule has 1 saturated carbocycles. The van der Waals surface area contributed by atoms with Gasteiger partial charge in [-0.1, -0.05) is 48.5 Å². The average Bonchev–Trinajstić information content (AvgIpc) is 3.46. The molecule has 1 amide bonds. The van der Waals surface area contributed by atoms with Crippen LogP contribution in [0.15, 0.2) is 54.7 Å². The van der Waals surface area contributed by atoms with Crippen LogP contribution in [0, 0.1) is 0 Å². The molecule has 0 saturated heterocycles. The SMILES string of the molecule is Cn1ncc(-c2ccc(-c3ccc(C4CC4)cc3)cc2)c1NC(=O)OC(C)(C)C. The minimum atomic E-state index is -0.556. The lowest BCUT2D eigenvalue weighted by atomic mass is 9.99. The van der Waals surface area contributed by atoms with Crippen LogP contribution in [0.1, 0.15) is 45.1 Å². The highest BCUT2D eigenvalue weighted by atomic mass is 16.6. The van der Waals surface area contributed by atoms with Crippen LogP contribution in [0.4, 0.5) is 10.6 Å². The zero-order valence-electron chi connectivity index (χ0n) is 17.4. The number of nitrogens with one attached hydrogen (secondary N) is 1. The van der Waals surface area contributed by atoms with Gasteiger partial charge in [0.1, 0.15) is 11.4 Å². The molecule has 4 rings (SSSR count). The van der Waals surface area contributed by atoms with Gasteiger partial charge in [-0.2, -0.15) is 5.10 Å². The first-order valence-electron chi connectivity index (χ1n) is 10.0. The Morgan fingerprint density at radius 2 is 1.55 bits per heavy atom. The van der Waals surface area contributed by atoms with Crippen molar-refractivity contribution in [1.29, 1.82) is 0 Å². The Hall–Kier alpha value is -3.08. The highest BCUT2D eigenvalue weighted by molar-refractivity contribution is 5.90. The molecule has 0 radical (unpaired) electrons. The Morgan fingerprint density at radius 3 is 2.10 bits per heavy atom. The molecule has 3 aromatic rings. The topological polar surface area (TPSA) is 56.2 Å². The van der Waals surface area contributed by atoms with E-state index in [1.165, 1.54) is 29.5 Å². The van der Waals surface area contributed by atoms with E-state index in [9.17, 15) is 4.79 Å². The minimum Gasteiger partial charge on any atom is -0.444 e. The Kier molecular flexibility index (Phi) is 4.91. The third-order valence-electron chi connectivity index (χ3n) is 5.05. The van der Waals surface area contributed by atoms with Crippen molar-refractivity contribution in [3.8, 4) is 22.3 Å². The van der Waals surface area contributed by atoms with Gasteiger partial charge in [0, 0.05) is 12.6 Å². The van der Waals surface area contributed by atoms with E-state index in [1.54, 1.807) is 17.9 Å². The fourth-order valence-corrected chi connectivity index (χ4v) is 3.40. The second-order valence-electron chi connectivity index (χ2n) is 8.63. The van der Waals surface area contributed by atoms with Gasteiger partial charge in [-0.15, -0.1) is 0 Å². The summed E-state index contributed by atoms with van der Waals surface area (Å²) in [5, 5.41) is 7.12. The number of benzene rings is 2. The molecular formula is C24H27N3O2. The first-order valence-corrected chi connectivity index (χ1v) is 10.0. The second kappa shape index (κ2) is 7.39. The van der Waals surface area contributed by atoms with Crippen LogP contribution >= 0.6 is 0 Å². The van der Waals surface area contributed by atoms with Crippen LogP contribution in [0.2, 0.25) is 0 Å². The summed E-state index contributed by atoms with van der Waals surface area (Å²) in [5.41, 5.74) is 5.11. The number of anilines is 1. The molecule has 1 aliphatic rings. The predicted octanol–water partition coefficient (Wildman–Crippen LogP) is 5.98. The molecule has 0 bridgehead atoms. The summed E-state index contributed by atoms with van der Waals surface area (Å²) in [5.74, 6) is 1.38. The summed E-state index contributed by atoms with van der Waals surface area (Å²) in [4.78, 5) is 12.2. The van der Waals surface area contributed by atoms with Gasteiger partial charge in [0.15, 0.2) is 0 Å². The maximum Gasteiger partial charge on any atom is 0.413 e. The lowest BCUT2D eigenvalue weighted by Gasteiger charge is -2.20. The van der Waals surface area contributed by atoms with Crippen LogP contribution in [0.25, 0.3) is 22.3 Å². The predicted molar refractivity (Wildman–Crippen MR) is 116 cm³/mol. The number of aromatic nitrogens is 2. The summed E-state index contributed by atoms with van der Waals surface area (Å²) >= 11 is 0. The van der Waals surface area contributed by atoms with E-state index in [0.717, 1.165) is 17.0 Å². The van der Waals surface area contributed by atoms with E-state index in [2.05, 4.69) is 58.9 Å². The van der Waals surface area contributed by atoms with Crippen molar-refractivity contribution >= 4 is 11.9 Å². The van der Waals surface area contributed by atoms with E-state index in [4.69, 9.17) is 4.74 Å². The first-order chi connectivity index (χ1) is 13.8. The summed E-state index contributed by atoms with van der Waals surface area (Å²) in [7, 11) is 1.80. The summed E-state index contributed by atoms with van der Waals surface area (Å²) in [6.07, 6.45) is 3.90. The van der Waals surface area contributed by atoms with Gasteiger partial charge in [-0.25, -0.2) is 4.79 Å². The lowest BCUT2D eigenvalue weighted by Crippen LogP contribution is -2.28. The smallest absolute Gasteiger partial charge is 0.413 e. The molecule has 2 aromatic carbocycles. The van der Waals surface area contributed by atoms with Crippen LogP contribution in [0.3, 0.4) is 0 Å². The van der Waals surface area contributed by atoms with Gasteiger partial charge in [0.25, 0.3) is 0 Å². The molecule has 1 aliphatic carbocycles. The second-order valence-corrected chi connectivity index (χ2v) is 8.63. The van der Waals surface area contributed by atoms with Gasteiger partial charge in [-0.05, 0) is 61.8 Å². The number of carbonyl (C=O) groups is 1. The van der Waals surface area contributed by atoms with Crippen molar-refractivity contribution in [3.05, 3.63) is 60.3 Å². The van der Waals surface area contributed by atoms with Crippen molar-refractivity contribution in [2.45, 2.75) is 45.1 Å². The minimum absolute atomic E-state index is 0.491. The molecular weight excluding hydrogens is 362 g/mol. The zero-order valence-corrected chi connectivity index (χ0v) is 17.4. The van der Waals surface area contributed by atoms with Crippen LogP contribution in [-0.2, 0) is 11.8 Å². The van der Waals surface area contributed by atoms with Crippen molar-refractivity contribution < 1.29 is 9.53 Å². The van der Waals surface area contributed by atoms with Crippen molar-refractivity contribution in [1.82, 2.24) is 9.78 Å². The molecule has 5 heteroatoms. The Bertz CT molecular complexity index is 1010. The third kappa shape index (κ3) is 4.50. The van der Waals surface area contributed by atoms with Gasteiger partial charge in [0.05, 0.1) is 6.20 Å². The number of carbonyl (C=O) groups excluding carboxylic acids is 1. The van der Waals surface area contributed by atoms with Crippen molar-refractivity contribution in [2.75, 3.05) is 5.32 Å². The fraction of sp³-hybridized carbons (Fsp3) is 0.333. The highest BCUT2D eigenvalue weighted by Crippen LogP contribution is 2.40. The average molecular weight is 389 g/mol. The van der Waals surface area contributed by atoms with E-state index >= 15 is 0 Å². The van der Waals surface area contributed by atoms with Gasteiger partial charge < -0.3 is 4.74 Å². The number of ether oxygens (including phenoxy) is 1. The molecule has 0 spiro atoms. The van der Waals surface area contributed by atoms with Crippen LogP contribution < -0.4 is 5.32 Å². The van der Waals surface area contributed by atoms with Crippen LogP contribution in [0.5, 0.6) is 0 Å². The molecule has 150 valence electrons. The molecule has 0 atom stereocenters. The molecule has 1 aromatic heterocycles. The number of rotatable bonds is 4. The molecule has 0 aliphatic heterocycles. The van der Waals surface area contributed by atoms with Gasteiger partial charge in [0.2, 0.25) is 0 Å². The molecule has 29 heavy (non-hydrogen) atoms. The lowest BCUT2D eigenvalue weighted by molar-refractivity contribution is 0.0634. The van der Waals surface area contributed by atoms with E-state index in [0.29, 0.717) is 5.82 Å². The molecule has 5 nitrogen and oxygen atoms in total. The molecule has 1 heterocycles. The Morgan fingerprint density at radius 1 is 1.00 bits per heavy atom. The quantitative estimate of drug-likeness (QED) is 0.597.